The van der Waals surface area contributed by atoms with Crippen molar-refractivity contribution in [2.75, 3.05) is 19.8 Å². The predicted octanol–water partition coefficient (Wildman–Crippen LogP) is 4.32. The summed E-state index contributed by atoms with van der Waals surface area (Å²) < 4.78 is 27.0. The largest absolute Gasteiger partial charge is 0.475 e. The van der Waals surface area contributed by atoms with Gasteiger partial charge in [0.25, 0.3) is 0 Å². The zero-order valence-corrected chi connectivity index (χ0v) is 13.1. The molecule has 0 spiro atoms. The van der Waals surface area contributed by atoms with Gasteiger partial charge in [0.1, 0.15) is 0 Å². The first kappa shape index (κ1) is 18.4. The van der Waals surface area contributed by atoms with Gasteiger partial charge in [-0.25, -0.2) is 4.57 Å². The van der Waals surface area contributed by atoms with Crippen molar-refractivity contribution in [2.45, 2.75) is 46.5 Å². The van der Waals surface area contributed by atoms with E-state index < -0.39 is 7.82 Å². The van der Waals surface area contributed by atoms with Crippen LogP contribution < -0.4 is 0 Å². The van der Waals surface area contributed by atoms with Crippen LogP contribution in [0.4, 0.5) is 0 Å². The average molecular weight is 288 g/mol. The molecule has 0 aromatic heterocycles. The quantitative estimate of drug-likeness (QED) is 0.341. The predicted molar refractivity (Wildman–Crippen MR) is 77.9 cm³/mol. The number of hydrogen-bond acceptors (Lipinski definition) is 4. The minimum absolute atomic E-state index is 0.168. The lowest BCUT2D eigenvalue weighted by molar-refractivity contribution is 0.131. The van der Waals surface area contributed by atoms with E-state index in [9.17, 15) is 4.57 Å². The highest BCUT2D eigenvalue weighted by molar-refractivity contribution is 7.48. The van der Waals surface area contributed by atoms with Gasteiger partial charge in [0.05, 0.1) is 19.8 Å². The van der Waals surface area contributed by atoms with E-state index in [1.54, 1.807) is 26.0 Å². The Hall–Kier alpha value is -0.590. The van der Waals surface area contributed by atoms with E-state index in [0.29, 0.717) is 0 Å². The van der Waals surface area contributed by atoms with Crippen LogP contribution in [-0.2, 0) is 18.1 Å². The van der Waals surface area contributed by atoms with Crippen LogP contribution in [0.3, 0.4) is 0 Å². The van der Waals surface area contributed by atoms with Gasteiger partial charge in [-0.2, -0.15) is 0 Å². The average Bonchev–Trinajstić information content (AvgIpc) is 2.37. The second kappa shape index (κ2) is 12.4. The van der Waals surface area contributed by atoms with E-state index in [-0.39, 0.29) is 19.8 Å². The molecule has 4 nitrogen and oxygen atoms in total. The number of unbranched alkanes of at least 4 members (excludes halogenated alkanes) is 3. The summed E-state index contributed by atoms with van der Waals surface area (Å²) in [5, 5.41) is 0. The number of phosphoric ester groups is 1. The van der Waals surface area contributed by atoms with E-state index in [1.165, 1.54) is 12.8 Å². The molecule has 0 aliphatic heterocycles. The summed E-state index contributed by atoms with van der Waals surface area (Å²) in [4.78, 5) is 0. The van der Waals surface area contributed by atoms with Crippen molar-refractivity contribution in [1.29, 1.82) is 0 Å². The summed E-state index contributed by atoms with van der Waals surface area (Å²) in [5.41, 5.74) is 0. The third kappa shape index (κ3) is 11.0. The SMILES string of the molecule is CCCCCC#C/C=C/COP(=O)(OCC)OCC. The summed E-state index contributed by atoms with van der Waals surface area (Å²) in [6.45, 7) is 6.40. The van der Waals surface area contributed by atoms with Gasteiger partial charge < -0.3 is 0 Å². The lowest BCUT2D eigenvalue weighted by Gasteiger charge is -2.14. The van der Waals surface area contributed by atoms with Gasteiger partial charge in [-0.1, -0.05) is 31.6 Å². The van der Waals surface area contributed by atoms with Gasteiger partial charge >= 0.3 is 7.82 Å². The molecule has 0 bridgehead atoms. The fourth-order valence-electron chi connectivity index (χ4n) is 1.26. The minimum atomic E-state index is -3.39. The van der Waals surface area contributed by atoms with Gasteiger partial charge in [-0.15, -0.1) is 0 Å². The molecule has 19 heavy (non-hydrogen) atoms. The fraction of sp³-hybridized carbons (Fsp3) is 0.714. The molecule has 0 radical (unpaired) electrons. The van der Waals surface area contributed by atoms with Crippen molar-refractivity contribution in [1.82, 2.24) is 0 Å². The molecular formula is C14H25O4P. The second-order valence-electron chi connectivity index (χ2n) is 3.76. The second-order valence-corrected chi connectivity index (χ2v) is 5.43. The van der Waals surface area contributed by atoms with E-state index in [2.05, 4.69) is 18.8 Å². The van der Waals surface area contributed by atoms with Gasteiger partial charge in [0, 0.05) is 6.42 Å². The van der Waals surface area contributed by atoms with Gasteiger partial charge in [0.15, 0.2) is 0 Å². The monoisotopic (exact) mass is 288 g/mol. The maximum Gasteiger partial charge on any atom is 0.475 e. The van der Waals surface area contributed by atoms with E-state index in [0.717, 1.165) is 12.8 Å². The van der Waals surface area contributed by atoms with Crippen LogP contribution in [-0.4, -0.2) is 19.8 Å². The van der Waals surface area contributed by atoms with Crippen LogP contribution in [0.5, 0.6) is 0 Å². The summed E-state index contributed by atoms with van der Waals surface area (Å²) in [6.07, 6.45) is 7.88. The lowest BCUT2D eigenvalue weighted by Crippen LogP contribution is -2.00. The van der Waals surface area contributed by atoms with Crippen molar-refractivity contribution in [2.24, 2.45) is 0 Å². The molecule has 0 unspecified atom stereocenters. The molecule has 0 rings (SSSR count). The van der Waals surface area contributed by atoms with Crippen molar-refractivity contribution < 1.29 is 18.1 Å². The highest BCUT2D eigenvalue weighted by atomic mass is 31.2. The van der Waals surface area contributed by atoms with Crippen molar-refractivity contribution >= 4 is 7.82 Å². The lowest BCUT2D eigenvalue weighted by atomic mass is 10.2. The smallest absolute Gasteiger partial charge is 0.287 e. The first-order chi connectivity index (χ1) is 9.18. The third-order valence-electron chi connectivity index (χ3n) is 2.11. The van der Waals surface area contributed by atoms with Crippen LogP contribution >= 0.6 is 7.82 Å². The van der Waals surface area contributed by atoms with Crippen molar-refractivity contribution in [3.8, 4) is 11.8 Å². The van der Waals surface area contributed by atoms with Crippen molar-refractivity contribution in [3.63, 3.8) is 0 Å². The molecule has 0 saturated carbocycles. The highest BCUT2D eigenvalue weighted by Gasteiger charge is 2.24. The van der Waals surface area contributed by atoms with Crippen LogP contribution in [0.15, 0.2) is 12.2 Å². The highest BCUT2D eigenvalue weighted by Crippen LogP contribution is 2.48. The first-order valence-corrected chi connectivity index (χ1v) is 8.31. The molecule has 0 fully saturated rings. The molecule has 110 valence electrons. The number of phosphoric acid groups is 1. The van der Waals surface area contributed by atoms with Gasteiger partial charge in [-0.05, 0) is 32.4 Å². The van der Waals surface area contributed by atoms with E-state index >= 15 is 0 Å². The summed E-state index contributed by atoms with van der Waals surface area (Å²) in [7, 11) is -3.39. The van der Waals surface area contributed by atoms with Crippen LogP contribution in [0.2, 0.25) is 0 Å². The molecule has 0 amide bonds. The maximum absolute atomic E-state index is 11.9. The Labute approximate surface area is 117 Å². The molecule has 0 heterocycles. The first-order valence-electron chi connectivity index (χ1n) is 6.85. The molecule has 0 aliphatic rings. The Balaban J connectivity index is 3.89. The van der Waals surface area contributed by atoms with Crippen LogP contribution in [0, 0.1) is 11.8 Å². The Morgan fingerprint density at radius 3 is 2.32 bits per heavy atom. The molecular weight excluding hydrogens is 263 g/mol. The fourth-order valence-corrected chi connectivity index (χ4v) is 2.39. The topological polar surface area (TPSA) is 44.8 Å². The molecule has 0 aromatic carbocycles. The summed E-state index contributed by atoms with van der Waals surface area (Å²) in [6, 6.07) is 0. The van der Waals surface area contributed by atoms with E-state index in [4.69, 9.17) is 13.6 Å². The normalized spacial score (nSPS) is 11.5. The molecule has 0 saturated heterocycles. The molecule has 0 atom stereocenters. The number of rotatable bonds is 10. The standard InChI is InChI=1S/C14H25O4P/c1-4-7-8-9-10-11-12-13-14-18-19(15,16-5-2)17-6-3/h12-13H,4-9,14H2,1-3H3/b13-12+. The van der Waals surface area contributed by atoms with Crippen LogP contribution in [0.1, 0.15) is 46.5 Å². The van der Waals surface area contributed by atoms with Crippen LogP contribution in [0.25, 0.3) is 0 Å². The Morgan fingerprint density at radius 1 is 1.05 bits per heavy atom. The minimum Gasteiger partial charge on any atom is -0.287 e. The van der Waals surface area contributed by atoms with Crippen molar-refractivity contribution in [3.05, 3.63) is 12.2 Å². The number of allylic oxidation sites excluding steroid dienone is 1. The molecule has 0 N–H and O–H groups in total. The zero-order chi connectivity index (χ0) is 14.4. The van der Waals surface area contributed by atoms with Gasteiger partial charge in [-0.3, -0.25) is 13.6 Å². The third-order valence-corrected chi connectivity index (χ3v) is 3.73. The Kier molecular flexibility index (Phi) is 12.1. The maximum atomic E-state index is 11.9. The Morgan fingerprint density at radius 2 is 1.74 bits per heavy atom. The summed E-state index contributed by atoms with van der Waals surface area (Å²) in [5.74, 6) is 5.96. The summed E-state index contributed by atoms with van der Waals surface area (Å²) >= 11 is 0. The molecule has 0 aromatic rings. The van der Waals surface area contributed by atoms with E-state index in [1.807, 2.05) is 0 Å². The molecule has 0 aliphatic carbocycles. The number of hydrogen-bond donors (Lipinski definition) is 0. The molecule has 5 heteroatoms. The Bertz CT molecular complexity index is 331. The zero-order valence-electron chi connectivity index (χ0n) is 12.2. The van der Waals surface area contributed by atoms with Gasteiger partial charge in [0.2, 0.25) is 0 Å².